The van der Waals surface area contributed by atoms with E-state index in [0.29, 0.717) is 17.5 Å². The molecule has 1 N–H and O–H groups in total. The Balaban J connectivity index is 1.68. The van der Waals surface area contributed by atoms with Crippen LogP contribution in [-0.2, 0) is 0 Å². The topological polar surface area (TPSA) is 76.6 Å². The SMILES string of the molecule is CC(C)Oc1c(C#Cc2nc(C3CCC3)cs2)cccc1-c1nn[nH]n1. The van der Waals surface area contributed by atoms with Gasteiger partial charge in [0.1, 0.15) is 5.75 Å². The zero-order chi connectivity index (χ0) is 17.9. The standard InChI is InChI=1S/C19H19N5OS/c1-12(2)25-18-14(7-4-8-15(18)19-21-23-24-22-19)9-10-17-20-16(11-26-17)13-5-3-6-13/h4,7-8,11-13H,3,5-6H2,1-2H3,(H,21,22,23,24). The van der Waals surface area contributed by atoms with Crippen molar-refractivity contribution in [1.29, 1.82) is 0 Å². The van der Waals surface area contributed by atoms with Crippen molar-refractivity contribution < 1.29 is 4.74 Å². The summed E-state index contributed by atoms with van der Waals surface area (Å²) in [5, 5.41) is 17.2. The van der Waals surface area contributed by atoms with Gasteiger partial charge in [-0.15, -0.1) is 21.5 Å². The third-order valence-electron chi connectivity index (χ3n) is 4.30. The average Bonchev–Trinajstić information content (AvgIpc) is 3.23. The lowest BCUT2D eigenvalue weighted by Crippen LogP contribution is -2.08. The summed E-state index contributed by atoms with van der Waals surface area (Å²) < 4.78 is 6.02. The molecule has 4 rings (SSSR count). The second kappa shape index (κ2) is 7.26. The number of para-hydroxylation sites is 1. The highest BCUT2D eigenvalue weighted by Gasteiger charge is 2.21. The summed E-state index contributed by atoms with van der Waals surface area (Å²) in [6, 6.07) is 5.77. The number of aromatic nitrogens is 5. The Kier molecular flexibility index (Phi) is 4.67. The van der Waals surface area contributed by atoms with E-state index in [1.54, 1.807) is 11.3 Å². The third-order valence-corrected chi connectivity index (χ3v) is 5.08. The first kappa shape index (κ1) is 16.7. The molecule has 1 saturated carbocycles. The Morgan fingerprint density at radius 2 is 2.15 bits per heavy atom. The average molecular weight is 365 g/mol. The van der Waals surface area contributed by atoms with Crippen molar-refractivity contribution in [3.63, 3.8) is 0 Å². The zero-order valence-electron chi connectivity index (χ0n) is 14.7. The normalized spacial score (nSPS) is 14.0. The Bertz CT molecular complexity index is 948. The number of H-pyrrole nitrogens is 1. The lowest BCUT2D eigenvalue weighted by molar-refractivity contribution is 0.242. The molecule has 0 aliphatic heterocycles. The maximum atomic E-state index is 6.02. The van der Waals surface area contributed by atoms with Gasteiger partial charge in [0.05, 0.1) is 22.9 Å². The summed E-state index contributed by atoms with van der Waals surface area (Å²) in [6.45, 7) is 3.96. The molecule has 2 heterocycles. The fraction of sp³-hybridized carbons (Fsp3) is 0.368. The smallest absolute Gasteiger partial charge is 0.208 e. The number of hydrogen-bond donors (Lipinski definition) is 1. The minimum absolute atomic E-state index is 0.00804. The molecule has 0 atom stereocenters. The summed E-state index contributed by atoms with van der Waals surface area (Å²) in [5.74, 6) is 8.19. The summed E-state index contributed by atoms with van der Waals surface area (Å²) in [5.41, 5.74) is 2.75. The number of hydrogen-bond acceptors (Lipinski definition) is 6. The summed E-state index contributed by atoms with van der Waals surface area (Å²) in [4.78, 5) is 4.67. The molecule has 0 saturated heterocycles. The van der Waals surface area contributed by atoms with Crippen molar-refractivity contribution in [1.82, 2.24) is 25.6 Å². The van der Waals surface area contributed by atoms with Gasteiger partial charge in [-0.1, -0.05) is 18.4 Å². The van der Waals surface area contributed by atoms with E-state index in [4.69, 9.17) is 4.74 Å². The number of ether oxygens (including phenoxy) is 1. The third kappa shape index (κ3) is 3.46. The van der Waals surface area contributed by atoms with E-state index in [0.717, 1.165) is 16.1 Å². The highest BCUT2D eigenvalue weighted by atomic mass is 32.1. The lowest BCUT2D eigenvalue weighted by atomic mass is 9.83. The molecule has 1 aliphatic rings. The van der Waals surface area contributed by atoms with E-state index in [9.17, 15) is 0 Å². The summed E-state index contributed by atoms with van der Waals surface area (Å²) in [7, 11) is 0. The van der Waals surface area contributed by atoms with Crippen LogP contribution in [0.3, 0.4) is 0 Å². The van der Waals surface area contributed by atoms with Crippen molar-refractivity contribution in [3.05, 3.63) is 39.8 Å². The first-order valence-corrected chi connectivity index (χ1v) is 9.59. The van der Waals surface area contributed by atoms with Crippen LogP contribution in [0.15, 0.2) is 23.6 Å². The molecule has 0 bridgehead atoms. The van der Waals surface area contributed by atoms with Crippen molar-refractivity contribution in [2.24, 2.45) is 0 Å². The van der Waals surface area contributed by atoms with Gasteiger partial charge in [0.25, 0.3) is 0 Å². The Hall–Kier alpha value is -2.72. The minimum atomic E-state index is 0.00804. The van der Waals surface area contributed by atoms with Gasteiger partial charge in [0, 0.05) is 11.3 Å². The lowest BCUT2D eigenvalue weighted by Gasteiger charge is -2.22. The molecule has 132 valence electrons. The van der Waals surface area contributed by atoms with Gasteiger partial charge in [0.15, 0.2) is 5.01 Å². The number of nitrogens with zero attached hydrogens (tertiary/aromatic N) is 4. The maximum Gasteiger partial charge on any atom is 0.208 e. The zero-order valence-corrected chi connectivity index (χ0v) is 15.5. The van der Waals surface area contributed by atoms with E-state index in [2.05, 4.69) is 42.8 Å². The number of rotatable bonds is 4. The fourth-order valence-corrected chi connectivity index (χ4v) is 3.55. The van der Waals surface area contributed by atoms with Crippen LogP contribution in [0.2, 0.25) is 0 Å². The van der Waals surface area contributed by atoms with Crippen molar-refractivity contribution in [2.45, 2.75) is 45.1 Å². The number of nitrogens with one attached hydrogen (secondary N) is 1. The predicted octanol–water partition coefficient (Wildman–Crippen LogP) is 3.78. The Morgan fingerprint density at radius 1 is 1.27 bits per heavy atom. The molecule has 7 heteroatoms. The molecule has 6 nitrogen and oxygen atoms in total. The maximum absolute atomic E-state index is 6.02. The molecule has 0 amide bonds. The molecular formula is C19H19N5OS. The highest BCUT2D eigenvalue weighted by molar-refractivity contribution is 7.10. The van der Waals surface area contributed by atoms with E-state index in [1.807, 2.05) is 32.0 Å². The Morgan fingerprint density at radius 3 is 2.85 bits per heavy atom. The second-order valence-electron chi connectivity index (χ2n) is 6.54. The number of tetrazole rings is 1. The van der Waals surface area contributed by atoms with Gasteiger partial charge in [-0.3, -0.25) is 0 Å². The van der Waals surface area contributed by atoms with Gasteiger partial charge in [-0.05, 0) is 50.0 Å². The van der Waals surface area contributed by atoms with Crippen LogP contribution >= 0.6 is 11.3 Å². The molecule has 1 fully saturated rings. The second-order valence-corrected chi connectivity index (χ2v) is 7.40. The van der Waals surface area contributed by atoms with E-state index in [-0.39, 0.29) is 6.10 Å². The van der Waals surface area contributed by atoms with Crippen LogP contribution < -0.4 is 4.74 Å². The van der Waals surface area contributed by atoms with Crippen molar-refractivity contribution >= 4 is 11.3 Å². The molecule has 0 spiro atoms. The van der Waals surface area contributed by atoms with Crippen molar-refractivity contribution in [3.8, 4) is 29.0 Å². The Labute approximate surface area is 156 Å². The predicted molar refractivity (Wildman–Crippen MR) is 100 cm³/mol. The number of aromatic amines is 1. The van der Waals surface area contributed by atoms with E-state index >= 15 is 0 Å². The highest BCUT2D eigenvalue weighted by Crippen LogP contribution is 2.36. The van der Waals surface area contributed by atoms with Gasteiger partial charge >= 0.3 is 0 Å². The molecule has 0 radical (unpaired) electrons. The van der Waals surface area contributed by atoms with Gasteiger partial charge in [-0.25, -0.2) is 4.98 Å². The first-order chi connectivity index (χ1) is 12.7. The van der Waals surface area contributed by atoms with Gasteiger partial charge in [0.2, 0.25) is 5.82 Å². The van der Waals surface area contributed by atoms with Crippen LogP contribution in [0.4, 0.5) is 0 Å². The molecule has 26 heavy (non-hydrogen) atoms. The summed E-state index contributed by atoms with van der Waals surface area (Å²) in [6.07, 6.45) is 3.81. The fourth-order valence-electron chi connectivity index (χ4n) is 2.81. The van der Waals surface area contributed by atoms with Gasteiger partial charge < -0.3 is 4.74 Å². The van der Waals surface area contributed by atoms with Crippen LogP contribution in [-0.4, -0.2) is 31.7 Å². The molecular weight excluding hydrogens is 346 g/mol. The van der Waals surface area contributed by atoms with Crippen molar-refractivity contribution in [2.75, 3.05) is 0 Å². The monoisotopic (exact) mass is 365 g/mol. The van der Waals surface area contributed by atoms with Crippen LogP contribution in [0.1, 0.15) is 55.3 Å². The molecule has 0 unspecified atom stereocenters. The number of benzene rings is 1. The largest absolute Gasteiger partial charge is 0.489 e. The van der Waals surface area contributed by atoms with Gasteiger partial charge in [-0.2, -0.15) is 5.21 Å². The van der Waals surface area contributed by atoms with Crippen LogP contribution in [0.5, 0.6) is 5.75 Å². The first-order valence-electron chi connectivity index (χ1n) is 8.71. The van der Waals surface area contributed by atoms with Crippen LogP contribution in [0, 0.1) is 11.8 Å². The number of thiazole rings is 1. The van der Waals surface area contributed by atoms with E-state index < -0.39 is 0 Å². The molecule has 2 aromatic heterocycles. The van der Waals surface area contributed by atoms with Crippen LogP contribution in [0.25, 0.3) is 11.4 Å². The summed E-state index contributed by atoms with van der Waals surface area (Å²) >= 11 is 1.60. The quantitative estimate of drug-likeness (QED) is 0.712. The minimum Gasteiger partial charge on any atom is -0.489 e. The molecule has 1 aliphatic carbocycles. The van der Waals surface area contributed by atoms with E-state index in [1.165, 1.54) is 25.0 Å². The molecule has 3 aromatic rings. The molecule has 1 aromatic carbocycles.